The summed E-state index contributed by atoms with van der Waals surface area (Å²) in [5.74, 6) is -0.800. The molecule has 0 aliphatic rings. The van der Waals surface area contributed by atoms with E-state index < -0.39 is 11.8 Å². The predicted octanol–water partition coefficient (Wildman–Crippen LogP) is 1.66. The quantitative estimate of drug-likeness (QED) is 0.341. The zero-order valence-corrected chi connectivity index (χ0v) is 9.49. The highest BCUT2D eigenvalue weighted by molar-refractivity contribution is 6.40. The van der Waals surface area contributed by atoms with E-state index in [-0.39, 0.29) is 18.1 Å². The molecule has 0 bridgehead atoms. The number of hydrogen-bond acceptors (Lipinski definition) is 4. The van der Waals surface area contributed by atoms with Crippen LogP contribution in [0.5, 0.6) is 5.75 Å². The van der Waals surface area contributed by atoms with Crippen molar-refractivity contribution >= 4 is 23.4 Å². The van der Waals surface area contributed by atoms with Gasteiger partial charge in [0.15, 0.2) is 0 Å². The van der Waals surface area contributed by atoms with Gasteiger partial charge in [0.2, 0.25) is 0 Å². The molecule has 0 heterocycles. The molecule has 1 rings (SSSR count). The molecule has 0 N–H and O–H groups in total. The molecule has 0 saturated carbocycles. The monoisotopic (exact) mass is 242 g/mol. The van der Waals surface area contributed by atoms with Crippen LogP contribution in [-0.2, 0) is 9.53 Å². The fourth-order valence-electron chi connectivity index (χ4n) is 1.06. The number of esters is 1. The Bertz CT molecular complexity index is 372. The third-order valence-electron chi connectivity index (χ3n) is 1.85. The normalized spacial score (nSPS) is 9.62. The summed E-state index contributed by atoms with van der Waals surface area (Å²) in [4.78, 5) is 22.7. The van der Waals surface area contributed by atoms with Crippen LogP contribution >= 0.6 is 11.6 Å². The van der Waals surface area contributed by atoms with Crippen molar-refractivity contribution in [3.8, 4) is 5.75 Å². The molecule has 0 spiro atoms. The Morgan fingerprint density at radius 2 is 1.88 bits per heavy atom. The summed E-state index contributed by atoms with van der Waals surface area (Å²) in [6.45, 7) is 0.0300. The molecule has 0 aliphatic heterocycles. The number of carbonyl (C=O) groups excluding carboxylic acids is 2. The molecule has 4 nitrogen and oxygen atoms in total. The van der Waals surface area contributed by atoms with E-state index in [1.807, 2.05) is 0 Å². The molecule has 0 amide bonds. The number of ether oxygens (including phenoxy) is 2. The number of Topliss-reactive ketones (excluding diaryl/α,β-unsaturated/α-hetero) is 1. The minimum atomic E-state index is -0.897. The number of halogens is 1. The van der Waals surface area contributed by atoms with E-state index in [1.165, 1.54) is 19.2 Å². The first-order chi connectivity index (χ1) is 7.69. The van der Waals surface area contributed by atoms with Gasteiger partial charge in [0, 0.05) is 5.56 Å². The molecule has 0 radical (unpaired) electrons. The fraction of sp³-hybridized carbons (Fsp3) is 0.273. The predicted molar refractivity (Wildman–Crippen MR) is 59.0 cm³/mol. The molecule has 0 unspecified atom stereocenters. The van der Waals surface area contributed by atoms with E-state index in [0.717, 1.165) is 0 Å². The molecule has 16 heavy (non-hydrogen) atoms. The Kier molecular flexibility index (Phi) is 4.79. The summed E-state index contributed by atoms with van der Waals surface area (Å²) < 4.78 is 9.54. The van der Waals surface area contributed by atoms with Crippen LogP contribution in [0.2, 0.25) is 0 Å². The van der Waals surface area contributed by atoms with Crippen molar-refractivity contribution in [2.45, 2.75) is 0 Å². The van der Waals surface area contributed by atoms with Crippen molar-refractivity contribution in [3.63, 3.8) is 0 Å². The maximum absolute atomic E-state index is 11.5. The van der Waals surface area contributed by atoms with Gasteiger partial charge in [0.1, 0.15) is 12.4 Å². The molecule has 0 aliphatic carbocycles. The smallest absolute Gasteiger partial charge is 0.379 e. The SMILES string of the molecule is COc1ccc(C(=O)C(=O)OCCCl)cc1. The van der Waals surface area contributed by atoms with Crippen molar-refractivity contribution in [2.75, 3.05) is 19.6 Å². The lowest BCUT2D eigenvalue weighted by Gasteiger charge is -2.03. The third kappa shape index (κ3) is 3.24. The molecule has 86 valence electrons. The number of carbonyl (C=O) groups is 2. The Morgan fingerprint density at radius 1 is 1.25 bits per heavy atom. The molecule has 5 heteroatoms. The summed E-state index contributed by atoms with van der Waals surface area (Å²) in [5.41, 5.74) is 0.264. The van der Waals surface area contributed by atoms with Gasteiger partial charge in [-0.05, 0) is 24.3 Å². The van der Waals surface area contributed by atoms with Crippen LogP contribution in [0.4, 0.5) is 0 Å². The van der Waals surface area contributed by atoms with Crippen LogP contribution in [0.25, 0.3) is 0 Å². The van der Waals surface area contributed by atoms with E-state index in [9.17, 15) is 9.59 Å². The molecule has 0 aromatic heterocycles. The number of benzene rings is 1. The summed E-state index contributed by atoms with van der Waals surface area (Å²) in [7, 11) is 1.52. The number of rotatable bonds is 5. The highest BCUT2D eigenvalue weighted by atomic mass is 35.5. The first-order valence-corrected chi connectivity index (χ1v) is 5.14. The van der Waals surface area contributed by atoms with Gasteiger partial charge in [-0.1, -0.05) is 0 Å². The molecule has 1 aromatic carbocycles. The van der Waals surface area contributed by atoms with Gasteiger partial charge >= 0.3 is 5.97 Å². The minimum absolute atomic E-state index is 0.0300. The van der Waals surface area contributed by atoms with Crippen LogP contribution in [0.3, 0.4) is 0 Å². The van der Waals surface area contributed by atoms with Gasteiger partial charge in [-0.3, -0.25) is 4.79 Å². The molecule has 1 aromatic rings. The van der Waals surface area contributed by atoms with Crippen molar-refractivity contribution in [1.29, 1.82) is 0 Å². The lowest BCUT2D eigenvalue weighted by atomic mass is 10.1. The van der Waals surface area contributed by atoms with E-state index in [4.69, 9.17) is 16.3 Å². The van der Waals surface area contributed by atoms with Crippen LogP contribution in [0, 0.1) is 0 Å². The average molecular weight is 243 g/mol. The van der Waals surface area contributed by atoms with Gasteiger partial charge in [0.25, 0.3) is 5.78 Å². The van der Waals surface area contributed by atoms with Crippen molar-refractivity contribution < 1.29 is 19.1 Å². The topological polar surface area (TPSA) is 52.6 Å². The average Bonchev–Trinajstić information content (AvgIpc) is 2.35. The highest BCUT2D eigenvalue weighted by Gasteiger charge is 2.17. The number of methoxy groups -OCH3 is 1. The van der Waals surface area contributed by atoms with E-state index in [2.05, 4.69) is 4.74 Å². The standard InChI is InChI=1S/C11H11ClO4/c1-15-9-4-2-8(3-5-9)10(13)11(14)16-7-6-12/h2-5H,6-7H2,1H3. The fourth-order valence-corrected chi connectivity index (χ4v) is 1.13. The third-order valence-corrected chi connectivity index (χ3v) is 2.00. The van der Waals surface area contributed by atoms with Gasteiger partial charge in [-0.2, -0.15) is 0 Å². The summed E-state index contributed by atoms with van der Waals surface area (Å²) in [6.07, 6.45) is 0. The number of ketones is 1. The van der Waals surface area contributed by atoms with Crippen molar-refractivity contribution in [3.05, 3.63) is 29.8 Å². The van der Waals surface area contributed by atoms with Gasteiger partial charge in [-0.15, -0.1) is 11.6 Å². The summed E-state index contributed by atoms with van der Waals surface area (Å²) in [5, 5.41) is 0. The second-order valence-corrected chi connectivity index (χ2v) is 3.26. The Morgan fingerprint density at radius 3 is 2.38 bits per heavy atom. The number of alkyl halides is 1. The van der Waals surface area contributed by atoms with Crippen LogP contribution in [0.1, 0.15) is 10.4 Å². The van der Waals surface area contributed by atoms with Crippen LogP contribution in [-0.4, -0.2) is 31.3 Å². The zero-order valence-electron chi connectivity index (χ0n) is 8.73. The highest BCUT2D eigenvalue weighted by Crippen LogP contribution is 2.12. The Hall–Kier alpha value is -1.55. The summed E-state index contributed by atoms with van der Waals surface area (Å²) in [6, 6.07) is 6.20. The minimum Gasteiger partial charge on any atom is -0.497 e. The maximum Gasteiger partial charge on any atom is 0.379 e. The first kappa shape index (κ1) is 12.5. The first-order valence-electron chi connectivity index (χ1n) is 4.60. The molecular formula is C11H11ClO4. The molecule has 0 fully saturated rings. The van der Waals surface area contributed by atoms with E-state index >= 15 is 0 Å². The molecule has 0 saturated heterocycles. The largest absolute Gasteiger partial charge is 0.497 e. The van der Waals surface area contributed by atoms with Crippen LogP contribution < -0.4 is 4.74 Å². The zero-order chi connectivity index (χ0) is 12.0. The number of hydrogen-bond donors (Lipinski definition) is 0. The van der Waals surface area contributed by atoms with Gasteiger partial charge in [0.05, 0.1) is 13.0 Å². The Balaban J connectivity index is 2.68. The van der Waals surface area contributed by atoms with Gasteiger partial charge in [-0.25, -0.2) is 4.79 Å². The summed E-state index contributed by atoms with van der Waals surface area (Å²) >= 11 is 5.33. The van der Waals surface area contributed by atoms with Crippen molar-refractivity contribution in [1.82, 2.24) is 0 Å². The van der Waals surface area contributed by atoms with Gasteiger partial charge < -0.3 is 9.47 Å². The Labute approximate surface area is 98.1 Å². The van der Waals surface area contributed by atoms with Crippen molar-refractivity contribution in [2.24, 2.45) is 0 Å². The van der Waals surface area contributed by atoms with Crippen LogP contribution in [0.15, 0.2) is 24.3 Å². The second-order valence-electron chi connectivity index (χ2n) is 2.88. The van der Waals surface area contributed by atoms with E-state index in [1.54, 1.807) is 12.1 Å². The lowest BCUT2D eigenvalue weighted by molar-refractivity contribution is -0.137. The second kappa shape index (κ2) is 6.12. The lowest BCUT2D eigenvalue weighted by Crippen LogP contribution is -2.18. The maximum atomic E-state index is 11.5. The molecular weight excluding hydrogens is 232 g/mol. The van der Waals surface area contributed by atoms with E-state index in [0.29, 0.717) is 5.75 Å². The molecule has 0 atom stereocenters.